The van der Waals surface area contributed by atoms with Crippen LogP contribution in [0.2, 0.25) is 5.02 Å². The van der Waals surface area contributed by atoms with Crippen molar-refractivity contribution >= 4 is 17.9 Å². The van der Waals surface area contributed by atoms with Gasteiger partial charge in [-0.15, -0.1) is 0 Å². The molecule has 0 fully saturated rings. The molecule has 0 radical (unpaired) electrons. The minimum Gasteiger partial charge on any atom is -0.303 e. The molecule has 2 unspecified atom stereocenters. The van der Waals surface area contributed by atoms with E-state index in [1.165, 1.54) is 12.1 Å². The lowest BCUT2D eigenvalue weighted by molar-refractivity contribution is -0.109. The maximum absolute atomic E-state index is 13.5. The lowest BCUT2D eigenvalue weighted by Gasteiger charge is -2.30. The second-order valence-electron chi connectivity index (χ2n) is 5.53. The molecule has 0 amide bonds. The van der Waals surface area contributed by atoms with E-state index in [1.54, 1.807) is 12.3 Å². The van der Waals surface area contributed by atoms with Gasteiger partial charge in [0.05, 0.1) is 0 Å². The van der Waals surface area contributed by atoms with Gasteiger partial charge < -0.3 is 4.79 Å². The SMILES string of the molecule is Cc1ccnc2c1C(C=O)CC(c1cc(F)ccc1Cl)C2. The number of hydrogen-bond donors (Lipinski definition) is 0. The molecule has 2 atom stereocenters. The van der Waals surface area contributed by atoms with Gasteiger partial charge >= 0.3 is 0 Å². The number of carbonyl (C=O) groups is 1. The van der Waals surface area contributed by atoms with Crippen molar-refractivity contribution in [1.29, 1.82) is 0 Å². The highest BCUT2D eigenvalue weighted by Gasteiger charge is 2.30. The molecule has 4 heteroatoms. The van der Waals surface area contributed by atoms with Crippen molar-refractivity contribution in [2.24, 2.45) is 0 Å². The first-order valence-corrected chi connectivity index (χ1v) is 7.32. The third-order valence-corrected chi connectivity index (χ3v) is 4.55. The minimum atomic E-state index is -0.306. The Morgan fingerprint density at radius 1 is 1.38 bits per heavy atom. The molecule has 21 heavy (non-hydrogen) atoms. The number of pyridine rings is 1. The van der Waals surface area contributed by atoms with Gasteiger partial charge in [0.1, 0.15) is 12.1 Å². The zero-order valence-corrected chi connectivity index (χ0v) is 12.4. The monoisotopic (exact) mass is 303 g/mol. The van der Waals surface area contributed by atoms with E-state index in [1.807, 2.05) is 13.0 Å². The summed E-state index contributed by atoms with van der Waals surface area (Å²) in [5, 5.41) is 0.544. The van der Waals surface area contributed by atoms with Gasteiger partial charge in [0.25, 0.3) is 0 Å². The second-order valence-corrected chi connectivity index (χ2v) is 5.94. The maximum Gasteiger partial charge on any atom is 0.127 e. The molecule has 0 aliphatic heterocycles. The largest absolute Gasteiger partial charge is 0.303 e. The number of hydrogen-bond acceptors (Lipinski definition) is 2. The van der Waals surface area contributed by atoms with E-state index in [4.69, 9.17) is 11.6 Å². The van der Waals surface area contributed by atoms with E-state index < -0.39 is 0 Å². The number of aryl methyl sites for hydroxylation is 1. The summed E-state index contributed by atoms with van der Waals surface area (Å²) in [6.45, 7) is 1.99. The quantitative estimate of drug-likeness (QED) is 0.778. The number of benzene rings is 1. The average Bonchev–Trinajstić information content (AvgIpc) is 2.48. The highest BCUT2D eigenvalue weighted by atomic mass is 35.5. The topological polar surface area (TPSA) is 30.0 Å². The number of nitrogens with zero attached hydrogens (tertiary/aromatic N) is 1. The standard InChI is InChI=1S/C17H15ClFNO/c1-10-4-5-20-16-7-11(6-12(9-21)17(10)16)14-8-13(19)2-3-15(14)18/h2-5,8-9,11-12H,6-7H2,1H3. The van der Waals surface area contributed by atoms with Gasteiger partial charge in [-0.1, -0.05) is 11.6 Å². The van der Waals surface area contributed by atoms with E-state index in [2.05, 4.69) is 4.98 Å². The van der Waals surface area contributed by atoms with Crippen molar-refractivity contribution in [3.8, 4) is 0 Å². The molecular formula is C17H15ClFNO. The van der Waals surface area contributed by atoms with Crippen LogP contribution in [0.25, 0.3) is 0 Å². The molecule has 108 valence electrons. The average molecular weight is 304 g/mol. The summed E-state index contributed by atoms with van der Waals surface area (Å²) in [6.07, 6.45) is 4.05. The zero-order chi connectivity index (χ0) is 15.0. The van der Waals surface area contributed by atoms with E-state index in [-0.39, 0.29) is 17.7 Å². The van der Waals surface area contributed by atoms with Gasteiger partial charge in [0.15, 0.2) is 0 Å². The highest BCUT2D eigenvalue weighted by molar-refractivity contribution is 6.31. The predicted octanol–water partition coefficient (Wildman–Crippen LogP) is 4.20. The van der Waals surface area contributed by atoms with Crippen LogP contribution in [0.3, 0.4) is 0 Å². The summed E-state index contributed by atoms with van der Waals surface area (Å²) in [7, 11) is 0. The fraction of sp³-hybridized carbons (Fsp3) is 0.294. The Morgan fingerprint density at radius 3 is 2.95 bits per heavy atom. The van der Waals surface area contributed by atoms with Crippen LogP contribution in [0, 0.1) is 12.7 Å². The Balaban J connectivity index is 2.05. The molecule has 0 saturated carbocycles. The van der Waals surface area contributed by atoms with E-state index >= 15 is 0 Å². The van der Waals surface area contributed by atoms with Crippen molar-refractivity contribution < 1.29 is 9.18 Å². The molecule has 0 saturated heterocycles. The van der Waals surface area contributed by atoms with Crippen LogP contribution < -0.4 is 0 Å². The fourth-order valence-corrected chi connectivity index (χ4v) is 3.50. The number of aldehydes is 1. The van der Waals surface area contributed by atoms with Gasteiger partial charge in [-0.05, 0) is 66.6 Å². The van der Waals surface area contributed by atoms with Crippen LogP contribution in [0.5, 0.6) is 0 Å². The molecule has 0 bridgehead atoms. The molecule has 2 nitrogen and oxygen atoms in total. The van der Waals surface area contributed by atoms with Crippen LogP contribution in [0.15, 0.2) is 30.5 Å². The summed E-state index contributed by atoms with van der Waals surface area (Å²) < 4.78 is 13.5. The first-order chi connectivity index (χ1) is 10.1. The molecule has 0 spiro atoms. The Bertz CT molecular complexity index is 701. The van der Waals surface area contributed by atoms with Crippen molar-refractivity contribution in [1.82, 2.24) is 4.98 Å². The molecular weight excluding hydrogens is 289 g/mol. The summed E-state index contributed by atoms with van der Waals surface area (Å²) in [4.78, 5) is 15.9. The summed E-state index contributed by atoms with van der Waals surface area (Å²) in [6, 6.07) is 6.31. The second kappa shape index (κ2) is 5.57. The van der Waals surface area contributed by atoms with Gasteiger partial charge in [-0.3, -0.25) is 4.98 Å². The van der Waals surface area contributed by atoms with Crippen LogP contribution in [-0.2, 0) is 11.2 Å². The Labute approximate surface area is 128 Å². The maximum atomic E-state index is 13.5. The fourth-order valence-electron chi connectivity index (χ4n) is 3.22. The normalized spacial score (nSPS) is 20.9. The minimum absolute atomic E-state index is 0.0187. The molecule has 0 N–H and O–H groups in total. The zero-order valence-electron chi connectivity index (χ0n) is 11.6. The molecule has 1 aliphatic carbocycles. The molecule has 1 aliphatic rings. The number of rotatable bonds is 2. The van der Waals surface area contributed by atoms with Gasteiger partial charge in [-0.25, -0.2) is 4.39 Å². The number of carbonyl (C=O) groups excluding carboxylic acids is 1. The van der Waals surface area contributed by atoms with Crippen LogP contribution >= 0.6 is 11.6 Å². The lowest BCUT2D eigenvalue weighted by atomic mass is 9.75. The van der Waals surface area contributed by atoms with E-state index in [0.29, 0.717) is 17.9 Å². The Morgan fingerprint density at radius 2 is 2.19 bits per heavy atom. The van der Waals surface area contributed by atoms with E-state index in [0.717, 1.165) is 28.7 Å². The summed E-state index contributed by atoms with van der Waals surface area (Å²) in [5.74, 6) is -0.489. The van der Waals surface area contributed by atoms with E-state index in [9.17, 15) is 9.18 Å². The smallest absolute Gasteiger partial charge is 0.127 e. The van der Waals surface area contributed by atoms with Crippen molar-refractivity contribution in [3.63, 3.8) is 0 Å². The summed E-state index contributed by atoms with van der Waals surface area (Å²) >= 11 is 6.20. The third kappa shape index (κ3) is 2.58. The highest BCUT2D eigenvalue weighted by Crippen LogP contribution is 2.41. The van der Waals surface area contributed by atoms with Crippen molar-refractivity contribution in [2.75, 3.05) is 0 Å². The molecule has 3 rings (SSSR count). The van der Waals surface area contributed by atoms with Crippen molar-refractivity contribution in [2.45, 2.75) is 31.6 Å². The lowest BCUT2D eigenvalue weighted by Crippen LogP contribution is -2.21. The predicted molar refractivity (Wildman–Crippen MR) is 80.3 cm³/mol. The molecule has 1 aromatic carbocycles. The van der Waals surface area contributed by atoms with Crippen LogP contribution in [0.4, 0.5) is 4.39 Å². The number of aromatic nitrogens is 1. The van der Waals surface area contributed by atoms with Crippen molar-refractivity contribution in [3.05, 3.63) is 63.7 Å². The molecule has 2 aromatic rings. The van der Waals surface area contributed by atoms with Crippen LogP contribution in [0.1, 0.15) is 40.6 Å². The summed E-state index contributed by atoms with van der Waals surface area (Å²) in [5.41, 5.74) is 3.79. The van der Waals surface area contributed by atoms with Gasteiger partial charge in [0.2, 0.25) is 0 Å². The van der Waals surface area contributed by atoms with Gasteiger partial charge in [-0.2, -0.15) is 0 Å². The third-order valence-electron chi connectivity index (χ3n) is 4.20. The molecule has 1 heterocycles. The first-order valence-electron chi connectivity index (χ1n) is 6.94. The Hall–Kier alpha value is -1.74. The first kappa shape index (κ1) is 14.2. The number of fused-ring (bicyclic) bond motifs is 1. The number of halogens is 2. The Kier molecular flexibility index (Phi) is 3.77. The van der Waals surface area contributed by atoms with Gasteiger partial charge in [0, 0.05) is 22.8 Å². The van der Waals surface area contributed by atoms with Crippen LogP contribution in [-0.4, -0.2) is 11.3 Å². The molecule has 1 aromatic heterocycles.